The minimum Gasteiger partial charge on any atom is -0.352 e. The van der Waals surface area contributed by atoms with Gasteiger partial charge in [-0.15, -0.1) is 11.3 Å². The van der Waals surface area contributed by atoms with Crippen LogP contribution in [0.3, 0.4) is 0 Å². The molecule has 0 radical (unpaired) electrons. The number of hydrogen-bond acceptors (Lipinski definition) is 5. The van der Waals surface area contributed by atoms with Gasteiger partial charge in [0.25, 0.3) is 0 Å². The van der Waals surface area contributed by atoms with Gasteiger partial charge < -0.3 is 9.80 Å². The first-order valence-electron chi connectivity index (χ1n) is 11.4. The maximum Gasteiger partial charge on any atom is 0.225 e. The molecule has 1 saturated heterocycles. The minimum atomic E-state index is 0.281. The van der Waals surface area contributed by atoms with Crippen molar-refractivity contribution in [3.63, 3.8) is 0 Å². The SMILES string of the molecule is Cc1sc2nc(CCc3ccccc3)nc(N3CCN(C(=O)C4CCC4)CC3)c2c1C. The first kappa shape index (κ1) is 20.4. The Hall–Kier alpha value is -2.47. The Morgan fingerprint density at radius 2 is 1.77 bits per heavy atom. The van der Waals surface area contributed by atoms with Gasteiger partial charge in [-0.1, -0.05) is 36.8 Å². The normalized spacial score (nSPS) is 17.2. The Labute approximate surface area is 188 Å². The monoisotopic (exact) mass is 434 g/mol. The fourth-order valence-corrected chi connectivity index (χ4v) is 5.61. The van der Waals surface area contributed by atoms with Crippen LogP contribution >= 0.6 is 11.3 Å². The molecule has 1 aliphatic carbocycles. The van der Waals surface area contributed by atoms with Gasteiger partial charge >= 0.3 is 0 Å². The lowest BCUT2D eigenvalue weighted by Gasteiger charge is -2.39. The van der Waals surface area contributed by atoms with Crippen molar-refractivity contribution in [3.05, 3.63) is 52.2 Å². The lowest BCUT2D eigenvalue weighted by Crippen LogP contribution is -2.51. The highest BCUT2D eigenvalue weighted by molar-refractivity contribution is 7.18. The van der Waals surface area contributed by atoms with E-state index in [9.17, 15) is 4.79 Å². The number of carbonyl (C=O) groups is 1. The predicted molar refractivity (Wildman–Crippen MR) is 127 cm³/mol. The van der Waals surface area contributed by atoms with Crippen molar-refractivity contribution in [3.8, 4) is 0 Å². The number of rotatable bonds is 5. The second-order valence-corrected chi connectivity index (χ2v) is 10.1. The molecule has 6 heteroatoms. The maximum atomic E-state index is 12.7. The highest BCUT2D eigenvalue weighted by Crippen LogP contribution is 2.36. The summed E-state index contributed by atoms with van der Waals surface area (Å²) in [5.74, 6) is 2.62. The molecular weight excluding hydrogens is 404 g/mol. The van der Waals surface area contributed by atoms with E-state index in [1.807, 2.05) is 0 Å². The van der Waals surface area contributed by atoms with Crippen LogP contribution in [0.25, 0.3) is 10.2 Å². The molecule has 162 valence electrons. The molecule has 0 atom stereocenters. The van der Waals surface area contributed by atoms with E-state index in [1.54, 1.807) is 11.3 Å². The molecule has 2 aliphatic rings. The van der Waals surface area contributed by atoms with Crippen molar-refractivity contribution in [1.82, 2.24) is 14.9 Å². The number of aryl methyl sites for hydroxylation is 4. The third-order valence-corrected chi connectivity index (χ3v) is 7.98. The van der Waals surface area contributed by atoms with Crippen LogP contribution in [0.4, 0.5) is 5.82 Å². The van der Waals surface area contributed by atoms with Gasteiger partial charge in [-0.25, -0.2) is 9.97 Å². The average molecular weight is 435 g/mol. The molecule has 0 spiro atoms. The van der Waals surface area contributed by atoms with E-state index in [-0.39, 0.29) is 5.92 Å². The van der Waals surface area contributed by atoms with Gasteiger partial charge in [0.15, 0.2) is 0 Å². The summed E-state index contributed by atoms with van der Waals surface area (Å²) in [5, 5.41) is 1.20. The van der Waals surface area contributed by atoms with Crippen LogP contribution in [0, 0.1) is 19.8 Å². The summed E-state index contributed by atoms with van der Waals surface area (Å²) in [6.07, 6.45) is 5.13. The molecule has 1 amide bonds. The second kappa shape index (κ2) is 8.58. The average Bonchev–Trinajstić information content (AvgIpc) is 3.05. The molecule has 31 heavy (non-hydrogen) atoms. The van der Waals surface area contributed by atoms with E-state index in [1.165, 1.54) is 27.8 Å². The first-order chi connectivity index (χ1) is 15.1. The van der Waals surface area contributed by atoms with Gasteiger partial charge in [0.1, 0.15) is 16.5 Å². The van der Waals surface area contributed by atoms with E-state index in [2.05, 4.69) is 54.0 Å². The summed E-state index contributed by atoms with van der Waals surface area (Å²) in [6.45, 7) is 7.63. The van der Waals surface area contributed by atoms with E-state index < -0.39 is 0 Å². The molecule has 2 aromatic heterocycles. The molecule has 5 rings (SSSR count). The van der Waals surface area contributed by atoms with Crippen molar-refractivity contribution >= 4 is 33.3 Å². The maximum absolute atomic E-state index is 12.7. The fourth-order valence-electron chi connectivity index (χ4n) is 4.56. The van der Waals surface area contributed by atoms with Gasteiger partial charge in [0, 0.05) is 43.4 Å². The summed E-state index contributed by atoms with van der Waals surface area (Å²) >= 11 is 1.77. The van der Waals surface area contributed by atoms with Gasteiger partial charge in [-0.2, -0.15) is 0 Å². The van der Waals surface area contributed by atoms with Crippen molar-refractivity contribution in [1.29, 1.82) is 0 Å². The standard InChI is InChI=1S/C25H30N4OS/c1-17-18(2)31-24-22(17)23(26-21(27-24)12-11-19-7-4-3-5-8-19)28-13-15-29(16-14-28)25(30)20-9-6-10-20/h3-5,7-8,20H,6,9-16H2,1-2H3. The smallest absolute Gasteiger partial charge is 0.225 e. The van der Waals surface area contributed by atoms with Crippen LogP contribution in [0.15, 0.2) is 30.3 Å². The minimum absolute atomic E-state index is 0.281. The quantitative estimate of drug-likeness (QED) is 0.591. The Bertz CT molecular complexity index is 1080. The van der Waals surface area contributed by atoms with Gasteiger partial charge in [-0.05, 0) is 44.2 Å². The highest BCUT2D eigenvalue weighted by Gasteiger charge is 2.32. The van der Waals surface area contributed by atoms with Gasteiger partial charge in [0.2, 0.25) is 5.91 Å². The topological polar surface area (TPSA) is 49.3 Å². The molecule has 5 nitrogen and oxygen atoms in total. The van der Waals surface area contributed by atoms with Crippen LogP contribution in [0.5, 0.6) is 0 Å². The van der Waals surface area contributed by atoms with Gasteiger partial charge in [-0.3, -0.25) is 4.79 Å². The zero-order chi connectivity index (χ0) is 21.4. The third-order valence-electron chi connectivity index (χ3n) is 6.88. The molecule has 2 fully saturated rings. The van der Waals surface area contributed by atoms with Crippen LogP contribution < -0.4 is 4.90 Å². The Morgan fingerprint density at radius 3 is 2.45 bits per heavy atom. The summed E-state index contributed by atoms with van der Waals surface area (Å²) < 4.78 is 0. The number of anilines is 1. The van der Waals surface area contributed by atoms with Crippen LogP contribution in [-0.4, -0.2) is 47.0 Å². The lowest BCUT2D eigenvalue weighted by atomic mass is 9.84. The molecule has 0 N–H and O–H groups in total. The fraction of sp³-hybridized carbons (Fsp3) is 0.480. The number of benzene rings is 1. The zero-order valence-corrected chi connectivity index (χ0v) is 19.2. The Balaban J connectivity index is 1.38. The van der Waals surface area contributed by atoms with E-state index in [0.717, 1.165) is 68.3 Å². The first-order valence-corrected chi connectivity index (χ1v) is 12.3. The largest absolute Gasteiger partial charge is 0.352 e. The molecule has 1 saturated carbocycles. The molecule has 0 bridgehead atoms. The number of hydrogen-bond donors (Lipinski definition) is 0. The molecule has 0 unspecified atom stereocenters. The zero-order valence-electron chi connectivity index (χ0n) is 18.4. The van der Waals surface area contributed by atoms with Gasteiger partial charge in [0.05, 0.1) is 5.39 Å². The number of carbonyl (C=O) groups excluding carboxylic acids is 1. The van der Waals surface area contributed by atoms with Crippen molar-refractivity contribution in [2.45, 2.75) is 46.0 Å². The van der Waals surface area contributed by atoms with Crippen LogP contribution in [0.2, 0.25) is 0 Å². The molecule has 1 aromatic carbocycles. The third kappa shape index (κ3) is 4.05. The molecule has 1 aliphatic heterocycles. The summed E-state index contributed by atoms with van der Waals surface area (Å²) in [4.78, 5) is 29.5. The second-order valence-electron chi connectivity index (χ2n) is 8.85. The Morgan fingerprint density at radius 1 is 1.03 bits per heavy atom. The van der Waals surface area contributed by atoms with E-state index in [0.29, 0.717) is 5.91 Å². The lowest BCUT2D eigenvalue weighted by molar-refractivity contribution is -0.138. The highest BCUT2D eigenvalue weighted by atomic mass is 32.1. The van der Waals surface area contributed by atoms with Crippen molar-refractivity contribution < 1.29 is 4.79 Å². The van der Waals surface area contributed by atoms with Crippen LogP contribution in [-0.2, 0) is 17.6 Å². The number of amides is 1. The number of fused-ring (bicyclic) bond motifs is 1. The number of piperazine rings is 1. The van der Waals surface area contributed by atoms with Crippen molar-refractivity contribution in [2.24, 2.45) is 5.92 Å². The molecular formula is C25H30N4OS. The van der Waals surface area contributed by atoms with E-state index in [4.69, 9.17) is 9.97 Å². The summed E-state index contributed by atoms with van der Waals surface area (Å²) in [5.41, 5.74) is 2.60. The van der Waals surface area contributed by atoms with Crippen LogP contribution in [0.1, 0.15) is 41.1 Å². The number of aromatic nitrogens is 2. The Kier molecular flexibility index (Phi) is 5.65. The summed E-state index contributed by atoms with van der Waals surface area (Å²) in [6, 6.07) is 10.5. The molecule has 3 heterocycles. The molecule has 3 aromatic rings. The number of nitrogens with zero attached hydrogens (tertiary/aromatic N) is 4. The van der Waals surface area contributed by atoms with E-state index >= 15 is 0 Å². The number of thiophene rings is 1. The summed E-state index contributed by atoms with van der Waals surface area (Å²) in [7, 11) is 0. The predicted octanol–water partition coefficient (Wildman–Crippen LogP) is 4.54. The van der Waals surface area contributed by atoms with Crippen molar-refractivity contribution in [2.75, 3.05) is 31.1 Å².